The van der Waals surface area contributed by atoms with E-state index in [-0.39, 0.29) is 11.2 Å². The predicted molar refractivity (Wildman–Crippen MR) is 85.0 cm³/mol. The SMILES string of the molecule is CNC(=O)C(Cc1ccccc1)Sc1nc(C)cc(N)n1. The maximum absolute atomic E-state index is 12.1. The van der Waals surface area contributed by atoms with E-state index in [1.807, 2.05) is 37.3 Å². The molecule has 0 saturated carbocycles. The molecule has 110 valence electrons. The third-order valence-electron chi connectivity index (χ3n) is 2.90. The van der Waals surface area contributed by atoms with Crippen molar-refractivity contribution in [3.05, 3.63) is 47.7 Å². The Morgan fingerprint density at radius 3 is 2.67 bits per heavy atom. The molecule has 0 saturated heterocycles. The zero-order valence-electron chi connectivity index (χ0n) is 12.0. The fraction of sp³-hybridized carbons (Fsp3) is 0.267. The molecular formula is C15H18N4OS. The zero-order chi connectivity index (χ0) is 15.2. The first-order valence-electron chi connectivity index (χ1n) is 6.62. The highest BCUT2D eigenvalue weighted by molar-refractivity contribution is 8.00. The Kier molecular flexibility index (Phi) is 5.16. The minimum Gasteiger partial charge on any atom is -0.384 e. The molecule has 1 heterocycles. The van der Waals surface area contributed by atoms with E-state index in [1.165, 1.54) is 11.8 Å². The number of carbonyl (C=O) groups is 1. The van der Waals surface area contributed by atoms with Gasteiger partial charge in [0.25, 0.3) is 0 Å². The molecule has 1 aromatic carbocycles. The number of hydrogen-bond donors (Lipinski definition) is 2. The van der Waals surface area contributed by atoms with E-state index in [0.29, 0.717) is 17.4 Å². The number of benzene rings is 1. The van der Waals surface area contributed by atoms with Crippen molar-refractivity contribution in [3.63, 3.8) is 0 Å². The number of nitrogens with two attached hydrogens (primary N) is 1. The summed E-state index contributed by atoms with van der Waals surface area (Å²) in [7, 11) is 1.63. The van der Waals surface area contributed by atoms with Gasteiger partial charge in [-0.05, 0) is 18.9 Å². The fourth-order valence-corrected chi connectivity index (χ4v) is 3.03. The summed E-state index contributed by atoms with van der Waals surface area (Å²) in [5.41, 5.74) is 7.62. The lowest BCUT2D eigenvalue weighted by Crippen LogP contribution is -2.31. The van der Waals surface area contributed by atoms with Crippen molar-refractivity contribution in [1.82, 2.24) is 15.3 Å². The molecule has 0 aliphatic heterocycles. The van der Waals surface area contributed by atoms with Crippen LogP contribution in [0.5, 0.6) is 0 Å². The molecule has 21 heavy (non-hydrogen) atoms. The largest absolute Gasteiger partial charge is 0.384 e. The van der Waals surface area contributed by atoms with Gasteiger partial charge in [-0.1, -0.05) is 42.1 Å². The summed E-state index contributed by atoms with van der Waals surface area (Å²) in [4.78, 5) is 20.6. The van der Waals surface area contributed by atoms with Crippen LogP contribution in [0, 0.1) is 6.92 Å². The molecule has 2 rings (SSSR count). The minimum absolute atomic E-state index is 0.0486. The van der Waals surface area contributed by atoms with Crippen LogP contribution in [0.25, 0.3) is 0 Å². The molecule has 1 amide bonds. The van der Waals surface area contributed by atoms with E-state index in [2.05, 4.69) is 15.3 Å². The van der Waals surface area contributed by atoms with Crippen molar-refractivity contribution >= 4 is 23.5 Å². The number of amides is 1. The van der Waals surface area contributed by atoms with Crippen molar-refractivity contribution in [2.75, 3.05) is 12.8 Å². The lowest BCUT2D eigenvalue weighted by molar-refractivity contribution is -0.120. The van der Waals surface area contributed by atoms with Gasteiger partial charge in [0.15, 0.2) is 5.16 Å². The van der Waals surface area contributed by atoms with Crippen LogP contribution in [0.15, 0.2) is 41.6 Å². The van der Waals surface area contributed by atoms with Gasteiger partial charge in [0.1, 0.15) is 5.82 Å². The number of nitrogens with zero attached hydrogens (tertiary/aromatic N) is 2. The van der Waals surface area contributed by atoms with Crippen LogP contribution >= 0.6 is 11.8 Å². The molecule has 1 atom stereocenters. The van der Waals surface area contributed by atoms with E-state index in [9.17, 15) is 4.79 Å². The molecule has 0 fully saturated rings. The highest BCUT2D eigenvalue weighted by atomic mass is 32.2. The van der Waals surface area contributed by atoms with Crippen molar-refractivity contribution in [2.24, 2.45) is 0 Å². The Bertz CT molecular complexity index is 598. The Hall–Kier alpha value is -2.08. The monoisotopic (exact) mass is 302 g/mol. The lowest BCUT2D eigenvalue weighted by atomic mass is 10.1. The van der Waals surface area contributed by atoms with Gasteiger partial charge in [-0.2, -0.15) is 0 Å². The van der Waals surface area contributed by atoms with Crippen LogP contribution in [0.3, 0.4) is 0 Å². The van der Waals surface area contributed by atoms with Gasteiger partial charge < -0.3 is 11.1 Å². The van der Waals surface area contributed by atoms with Crippen molar-refractivity contribution < 1.29 is 4.79 Å². The van der Waals surface area contributed by atoms with Gasteiger partial charge in [0.05, 0.1) is 5.25 Å². The normalized spacial score (nSPS) is 11.9. The Morgan fingerprint density at radius 2 is 2.05 bits per heavy atom. The highest BCUT2D eigenvalue weighted by Crippen LogP contribution is 2.24. The average molecular weight is 302 g/mol. The number of nitrogens with one attached hydrogen (secondary N) is 1. The molecule has 2 aromatic rings. The van der Waals surface area contributed by atoms with E-state index < -0.39 is 0 Å². The first kappa shape index (κ1) is 15.3. The molecule has 0 spiro atoms. The van der Waals surface area contributed by atoms with Crippen LogP contribution in [0.2, 0.25) is 0 Å². The van der Waals surface area contributed by atoms with E-state index in [4.69, 9.17) is 5.73 Å². The number of carbonyl (C=O) groups excluding carboxylic acids is 1. The lowest BCUT2D eigenvalue weighted by Gasteiger charge is -2.14. The molecule has 1 aromatic heterocycles. The Morgan fingerprint density at radius 1 is 1.33 bits per heavy atom. The predicted octanol–water partition coefficient (Wildman–Crippen LogP) is 1.82. The number of aromatic nitrogens is 2. The van der Waals surface area contributed by atoms with E-state index in [1.54, 1.807) is 13.1 Å². The van der Waals surface area contributed by atoms with Gasteiger partial charge in [0.2, 0.25) is 5.91 Å². The van der Waals surface area contributed by atoms with E-state index in [0.717, 1.165) is 11.3 Å². The molecule has 0 aliphatic carbocycles. The van der Waals surface area contributed by atoms with Crippen LogP contribution in [0.1, 0.15) is 11.3 Å². The quantitative estimate of drug-likeness (QED) is 0.650. The number of rotatable bonds is 5. The summed E-state index contributed by atoms with van der Waals surface area (Å²) in [5.74, 6) is 0.368. The number of thioether (sulfide) groups is 1. The van der Waals surface area contributed by atoms with Gasteiger partial charge in [-0.15, -0.1) is 0 Å². The first-order valence-corrected chi connectivity index (χ1v) is 7.50. The topological polar surface area (TPSA) is 80.9 Å². The van der Waals surface area contributed by atoms with Gasteiger partial charge in [-0.3, -0.25) is 4.79 Å². The molecule has 6 heteroatoms. The van der Waals surface area contributed by atoms with Crippen molar-refractivity contribution in [3.8, 4) is 0 Å². The van der Waals surface area contributed by atoms with Gasteiger partial charge in [0, 0.05) is 18.8 Å². The van der Waals surface area contributed by atoms with Crippen LogP contribution in [-0.2, 0) is 11.2 Å². The summed E-state index contributed by atoms with van der Waals surface area (Å²) in [6.45, 7) is 1.86. The van der Waals surface area contributed by atoms with Crippen molar-refractivity contribution in [2.45, 2.75) is 23.8 Å². The molecule has 1 unspecified atom stereocenters. The molecule has 5 nitrogen and oxygen atoms in total. The molecule has 3 N–H and O–H groups in total. The maximum atomic E-state index is 12.1. The van der Waals surface area contributed by atoms with Crippen LogP contribution < -0.4 is 11.1 Å². The second kappa shape index (κ2) is 7.08. The smallest absolute Gasteiger partial charge is 0.233 e. The minimum atomic E-state index is -0.293. The third-order valence-corrected chi connectivity index (χ3v) is 3.96. The average Bonchev–Trinajstić information content (AvgIpc) is 2.46. The molecule has 0 aliphatic rings. The first-order chi connectivity index (χ1) is 10.1. The second-order valence-electron chi connectivity index (χ2n) is 4.63. The number of anilines is 1. The summed E-state index contributed by atoms with van der Waals surface area (Å²) in [6, 6.07) is 11.6. The molecule has 0 bridgehead atoms. The number of aryl methyl sites for hydroxylation is 1. The van der Waals surface area contributed by atoms with Gasteiger partial charge in [-0.25, -0.2) is 9.97 Å². The number of nitrogen functional groups attached to an aromatic ring is 1. The highest BCUT2D eigenvalue weighted by Gasteiger charge is 2.21. The van der Waals surface area contributed by atoms with Crippen LogP contribution in [0.4, 0.5) is 5.82 Å². The fourth-order valence-electron chi connectivity index (χ4n) is 1.92. The maximum Gasteiger partial charge on any atom is 0.233 e. The number of hydrogen-bond acceptors (Lipinski definition) is 5. The van der Waals surface area contributed by atoms with E-state index >= 15 is 0 Å². The Labute approximate surface area is 128 Å². The zero-order valence-corrected chi connectivity index (χ0v) is 12.9. The summed E-state index contributed by atoms with van der Waals surface area (Å²) < 4.78 is 0. The molecular weight excluding hydrogens is 284 g/mol. The summed E-state index contributed by atoms with van der Waals surface area (Å²) in [6.07, 6.45) is 0.613. The standard InChI is InChI=1S/C15H18N4OS/c1-10-8-13(16)19-15(18-10)21-12(14(20)17-2)9-11-6-4-3-5-7-11/h3-8,12H,9H2,1-2H3,(H,17,20)(H2,16,18,19). The summed E-state index contributed by atoms with van der Waals surface area (Å²) in [5, 5.41) is 2.92. The Balaban J connectivity index is 2.18. The van der Waals surface area contributed by atoms with Crippen molar-refractivity contribution in [1.29, 1.82) is 0 Å². The van der Waals surface area contributed by atoms with Gasteiger partial charge >= 0.3 is 0 Å². The molecule has 0 radical (unpaired) electrons. The second-order valence-corrected chi connectivity index (χ2v) is 5.80. The third kappa shape index (κ3) is 4.46. The van der Waals surface area contributed by atoms with Crippen LogP contribution in [-0.4, -0.2) is 28.2 Å². The summed E-state index contributed by atoms with van der Waals surface area (Å²) >= 11 is 1.33.